The van der Waals surface area contributed by atoms with Crippen LogP contribution < -0.4 is 5.46 Å². The number of likely N-dealkylation sites (tertiary alicyclic amines) is 1. The van der Waals surface area contributed by atoms with E-state index in [-0.39, 0.29) is 18.1 Å². The summed E-state index contributed by atoms with van der Waals surface area (Å²) in [5.41, 5.74) is -0.261. The molecule has 7 nitrogen and oxygen atoms in total. The van der Waals surface area contributed by atoms with Gasteiger partial charge in [-0.1, -0.05) is 13.8 Å². The Labute approximate surface area is 163 Å². The maximum absolute atomic E-state index is 12.2. The Morgan fingerprint density at radius 2 is 1.85 bits per heavy atom. The van der Waals surface area contributed by atoms with E-state index < -0.39 is 18.3 Å². The molecule has 2 rings (SSSR count). The van der Waals surface area contributed by atoms with Crippen molar-refractivity contribution in [2.75, 3.05) is 13.1 Å². The van der Waals surface area contributed by atoms with Crippen LogP contribution in [0.3, 0.4) is 0 Å². The summed E-state index contributed by atoms with van der Waals surface area (Å²) in [5.74, 6) is 0.277. The maximum Gasteiger partial charge on any atom is 0.494 e. The van der Waals surface area contributed by atoms with E-state index in [1.165, 1.54) is 0 Å². The van der Waals surface area contributed by atoms with Gasteiger partial charge in [-0.2, -0.15) is 5.10 Å². The third kappa shape index (κ3) is 5.97. The Morgan fingerprint density at radius 1 is 1.26 bits per heavy atom. The van der Waals surface area contributed by atoms with E-state index in [2.05, 4.69) is 18.9 Å². The third-order valence-electron chi connectivity index (χ3n) is 5.20. The zero-order chi connectivity index (χ0) is 20.4. The normalized spacial score (nSPS) is 16.7. The lowest BCUT2D eigenvalue weighted by Crippen LogP contribution is -2.44. The highest BCUT2D eigenvalue weighted by atomic mass is 16.6. The first-order valence-electron chi connectivity index (χ1n) is 9.77. The number of hydrogen-bond donors (Lipinski definition) is 1. The fraction of sp³-hybridized carbons (Fsp3) is 0.789. The smallest absolute Gasteiger partial charge is 0.444 e. The van der Waals surface area contributed by atoms with Gasteiger partial charge in [-0.25, -0.2) is 4.79 Å². The molecule has 1 saturated heterocycles. The molecule has 0 aromatic carbocycles. The highest BCUT2D eigenvalue weighted by Gasteiger charge is 2.32. The molecule has 0 aliphatic carbocycles. The minimum Gasteiger partial charge on any atom is -0.444 e. The second kappa shape index (κ2) is 8.23. The summed E-state index contributed by atoms with van der Waals surface area (Å²) < 4.78 is 13.1. The average Bonchev–Trinajstić information content (AvgIpc) is 3.03. The lowest BCUT2D eigenvalue weighted by molar-refractivity contribution is 0.0184. The van der Waals surface area contributed by atoms with Crippen molar-refractivity contribution < 1.29 is 19.2 Å². The summed E-state index contributed by atoms with van der Waals surface area (Å²) in [6.45, 7) is 15.0. The van der Waals surface area contributed by atoms with Crippen molar-refractivity contribution in [2.45, 2.75) is 78.6 Å². The van der Waals surface area contributed by atoms with Crippen molar-refractivity contribution >= 4 is 18.7 Å². The predicted octanol–water partition coefficient (Wildman–Crippen LogP) is 2.59. The SMILES string of the molecule is CC(C)C(C)(C)OB(O)c1cnn(C2CCN(C(=O)OC(C)(C)C)CC2)c1. The maximum atomic E-state index is 12.2. The topological polar surface area (TPSA) is 76.8 Å². The molecule has 0 radical (unpaired) electrons. The number of piperidine rings is 1. The van der Waals surface area contributed by atoms with Crippen LogP contribution in [0.15, 0.2) is 12.4 Å². The van der Waals surface area contributed by atoms with Crippen molar-refractivity contribution in [2.24, 2.45) is 5.92 Å². The van der Waals surface area contributed by atoms with Crippen LogP contribution in [0, 0.1) is 5.92 Å². The Balaban J connectivity index is 1.92. The van der Waals surface area contributed by atoms with Gasteiger partial charge in [0.25, 0.3) is 0 Å². The molecule has 0 bridgehead atoms. The van der Waals surface area contributed by atoms with E-state index in [0.29, 0.717) is 18.6 Å². The standard InChI is InChI=1S/C19H34BN3O4/c1-14(2)19(6,7)27-20(25)15-12-21-23(13-15)16-8-10-22(11-9-16)17(24)26-18(3,4)5/h12-14,16,25H,8-11H2,1-7H3. The van der Waals surface area contributed by atoms with E-state index >= 15 is 0 Å². The molecule has 0 spiro atoms. The molecule has 1 aliphatic heterocycles. The number of carbonyl (C=O) groups excluding carboxylic acids is 1. The molecule has 8 heteroatoms. The first kappa shape index (κ1) is 21.8. The number of carbonyl (C=O) groups is 1. The first-order valence-corrected chi connectivity index (χ1v) is 9.77. The molecule has 152 valence electrons. The zero-order valence-corrected chi connectivity index (χ0v) is 17.7. The van der Waals surface area contributed by atoms with Gasteiger partial charge in [0, 0.05) is 30.9 Å². The second-order valence-electron chi connectivity index (χ2n) is 9.18. The summed E-state index contributed by atoms with van der Waals surface area (Å²) in [5, 5.41) is 14.8. The molecular weight excluding hydrogens is 345 g/mol. The summed E-state index contributed by atoms with van der Waals surface area (Å²) in [6, 6.07) is 0.197. The van der Waals surface area contributed by atoms with Crippen LogP contribution in [-0.4, -0.2) is 57.2 Å². The Morgan fingerprint density at radius 3 is 2.37 bits per heavy atom. The summed E-state index contributed by atoms with van der Waals surface area (Å²) >= 11 is 0. The van der Waals surface area contributed by atoms with Crippen LogP contribution in [0.5, 0.6) is 0 Å². The number of nitrogens with zero attached hydrogens (tertiary/aromatic N) is 3. The lowest BCUT2D eigenvalue weighted by Gasteiger charge is -2.33. The van der Waals surface area contributed by atoms with Gasteiger partial charge in [0.1, 0.15) is 5.60 Å². The van der Waals surface area contributed by atoms with Gasteiger partial charge in [0.2, 0.25) is 0 Å². The number of aromatic nitrogens is 2. The van der Waals surface area contributed by atoms with Gasteiger partial charge in [-0.3, -0.25) is 4.68 Å². The van der Waals surface area contributed by atoms with Crippen LogP contribution >= 0.6 is 0 Å². The fourth-order valence-electron chi connectivity index (χ4n) is 2.81. The number of hydrogen-bond acceptors (Lipinski definition) is 5. The highest BCUT2D eigenvalue weighted by Crippen LogP contribution is 2.24. The molecule has 1 aliphatic rings. The van der Waals surface area contributed by atoms with E-state index in [1.807, 2.05) is 45.5 Å². The minimum atomic E-state index is -1.00. The molecular formula is C19H34BN3O4. The van der Waals surface area contributed by atoms with Gasteiger partial charge < -0.3 is 19.3 Å². The number of amides is 1. The van der Waals surface area contributed by atoms with Gasteiger partial charge in [0.05, 0.1) is 11.6 Å². The fourth-order valence-corrected chi connectivity index (χ4v) is 2.81. The summed E-state index contributed by atoms with van der Waals surface area (Å²) in [4.78, 5) is 13.9. The van der Waals surface area contributed by atoms with E-state index in [1.54, 1.807) is 11.1 Å². The molecule has 2 heterocycles. The molecule has 1 fully saturated rings. The molecule has 0 saturated carbocycles. The summed E-state index contributed by atoms with van der Waals surface area (Å²) in [6.07, 6.45) is 4.83. The van der Waals surface area contributed by atoms with Crippen molar-refractivity contribution in [1.29, 1.82) is 0 Å². The van der Waals surface area contributed by atoms with Crippen molar-refractivity contribution in [3.05, 3.63) is 12.4 Å². The van der Waals surface area contributed by atoms with Gasteiger partial charge in [-0.15, -0.1) is 0 Å². The largest absolute Gasteiger partial charge is 0.494 e. The molecule has 0 unspecified atom stereocenters. The second-order valence-corrected chi connectivity index (χ2v) is 9.18. The third-order valence-corrected chi connectivity index (χ3v) is 5.20. The number of rotatable bonds is 5. The Bertz CT molecular complexity index is 631. The van der Waals surface area contributed by atoms with Gasteiger partial charge in [-0.05, 0) is 53.4 Å². The van der Waals surface area contributed by atoms with Crippen LogP contribution in [0.1, 0.15) is 67.3 Å². The Hall–Kier alpha value is -1.54. The van der Waals surface area contributed by atoms with Gasteiger partial charge in [0.15, 0.2) is 0 Å². The van der Waals surface area contributed by atoms with Crippen molar-refractivity contribution in [3.8, 4) is 0 Å². The molecule has 1 N–H and O–H groups in total. The van der Waals surface area contributed by atoms with E-state index in [9.17, 15) is 9.82 Å². The zero-order valence-electron chi connectivity index (χ0n) is 17.7. The molecule has 1 aromatic rings. The number of ether oxygens (including phenoxy) is 1. The van der Waals surface area contributed by atoms with E-state index in [0.717, 1.165) is 12.8 Å². The lowest BCUT2D eigenvalue weighted by atomic mass is 9.79. The highest BCUT2D eigenvalue weighted by molar-refractivity contribution is 6.59. The van der Waals surface area contributed by atoms with Crippen LogP contribution in [0.2, 0.25) is 0 Å². The molecule has 0 atom stereocenters. The Kier molecular flexibility index (Phi) is 6.63. The van der Waals surface area contributed by atoms with Crippen LogP contribution in [0.4, 0.5) is 4.79 Å². The summed E-state index contributed by atoms with van der Waals surface area (Å²) in [7, 11) is -1.00. The van der Waals surface area contributed by atoms with Crippen molar-refractivity contribution in [1.82, 2.24) is 14.7 Å². The predicted molar refractivity (Wildman–Crippen MR) is 106 cm³/mol. The molecule has 27 heavy (non-hydrogen) atoms. The van der Waals surface area contributed by atoms with E-state index in [4.69, 9.17) is 9.39 Å². The average molecular weight is 379 g/mol. The molecule has 1 amide bonds. The van der Waals surface area contributed by atoms with Crippen LogP contribution in [0.25, 0.3) is 0 Å². The molecule has 1 aromatic heterocycles. The van der Waals surface area contributed by atoms with Crippen molar-refractivity contribution in [3.63, 3.8) is 0 Å². The monoisotopic (exact) mass is 379 g/mol. The minimum absolute atomic E-state index is 0.197. The first-order chi connectivity index (χ1) is 12.4. The van der Waals surface area contributed by atoms with Crippen LogP contribution in [-0.2, 0) is 9.39 Å². The van der Waals surface area contributed by atoms with Gasteiger partial charge >= 0.3 is 13.2 Å². The quantitative estimate of drug-likeness (QED) is 0.796.